The third-order valence-corrected chi connectivity index (χ3v) is 4.32. The average Bonchev–Trinajstić information content (AvgIpc) is 2.27. The van der Waals surface area contributed by atoms with Gasteiger partial charge in [0.25, 0.3) is 0 Å². The first-order chi connectivity index (χ1) is 7.62. The Labute approximate surface area is 102 Å². The summed E-state index contributed by atoms with van der Waals surface area (Å²) in [4.78, 5) is 0. The van der Waals surface area contributed by atoms with E-state index in [0.29, 0.717) is 6.04 Å². The largest absolute Gasteiger partial charge is 0.496 e. The maximum atomic E-state index is 5.42. The van der Waals surface area contributed by atoms with E-state index in [-0.39, 0.29) is 5.54 Å². The van der Waals surface area contributed by atoms with Gasteiger partial charge in [-0.1, -0.05) is 18.2 Å². The lowest BCUT2D eigenvalue weighted by molar-refractivity contribution is 0.358. The Morgan fingerprint density at radius 2 is 2.12 bits per heavy atom. The van der Waals surface area contributed by atoms with Gasteiger partial charge in [-0.3, -0.25) is 0 Å². The van der Waals surface area contributed by atoms with Gasteiger partial charge in [0.2, 0.25) is 0 Å². The van der Waals surface area contributed by atoms with E-state index in [2.05, 4.69) is 31.3 Å². The number of hydrogen-bond acceptors (Lipinski definition) is 3. The van der Waals surface area contributed by atoms with Gasteiger partial charge in [0.15, 0.2) is 0 Å². The summed E-state index contributed by atoms with van der Waals surface area (Å²) in [7, 11) is 1.74. The summed E-state index contributed by atoms with van der Waals surface area (Å²) in [6, 6.07) is 8.67. The summed E-state index contributed by atoms with van der Waals surface area (Å²) in [5.74, 6) is 3.26. The highest BCUT2D eigenvalue weighted by Crippen LogP contribution is 2.33. The lowest BCUT2D eigenvalue weighted by atomic mass is 10.0. The number of rotatable bonds is 2. The summed E-state index contributed by atoms with van der Waals surface area (Å²) in [5.41, 5.74) is 1.47. The lowest BCUT2D eigenvalue weighted by Crippen LogP contribution is -2.48. The lowest BCUT2D eigenvalue weighted by Gasteiger charge is -2.37. The predicted octanol–water partition coefficient (Wildman–Crippen LogP) is 2.85. The van der Waals surface area contributed by atoms with Crippen molar-refractivity contribution >= 4 is 11.8 Å². The van der Waals surface area contributed by atoms with Gasteiger partial charge < -0.3 is 10.1 Å². The first-order valence-electron chi connectivity index (χ1n) is 5.61. The standard InChI is InChI=1S/C13H19NOS/c1-13(2)9-16-8-11(14-13)10-6-4-5-7-12(10)15-3/h4-7,11,14H,8-9H2,1-3H3. The van der Waals surface area contributed by atoms with Crippen LogP contribution in [0, 0.1) is 0 Å². The molecule has 0 spiro atoms. The molecule has 0 aliphatic carbocycles. The SMILES string of the molecule is COc1ccccc1C1CSCC(C)(C)N1. The van der Waals surface area contributed by atoms with E-state index in [1.165, 1.54) is 11.3 Å². The molecule has 0 aromatic heterocycles. The van der Waals surface area contributed by atoms with Gasteiger partial charge in [-0.2, -0.15) is 11.8 Å². The quantitative estimate of drug-likeness (QED) is 0.854. The van der Waals surface area contributed by atoms with Crippen LogP contribution in [0.5, 0.6) is 5.75 Å². The minimum absolute atomic E-state index is 0.203. The van der Waals surface area contributed by atoms with Crippen molar-refractivity contribution in [1.29, 1.82) is 0 Å². The van der Waals surface area contributed by atoms with Gasteiger partial charge in [0, 0.05) is 28.6 Å². The van der Waals surface area contributed by atoms with Crippen LogP contribution in [-0.2, 0) is 0 Å². The van der Waals surface area contributed by atoms with E-state index in [1.54, 1.807) is 7.11 Å². The molecule has 16 heavy (non-hydrogen) atoms. The Bertz CT molecular complexity index is 365. The highest BCUT2D eigenvalue weighted by Gasteiger charge is 2.29. The van der Waals surface area contributed by atoms with Gasteiger partial charge in [-0.15, -0.1) is 0 Å². The second-order valence-corrected chi connectivity index (χ2v) is 5.87. The Hall–Kier alpha value is -0.670. The normalized spacial score (nSPS) is 24.1. The van der Waals surface area contributed by atoms with Gasteiger partial charge in [0.05, 0.1) is 7.11 Å². The molecule has 1 fully saturated rings. The molecular weight excluding hydrogens is 218 g/mol. The van der Waals surface area contributed by atoms with E-state index in [1.807, 2.05) is 23.9 Å². The Morgan fingerprint density at radius 3 is 2.81 bits per heavy atom. The van der Waals surface area contributed by atoms with E-state index < -0.39 is 0 Å². The van der Waals surface area contributed by atoms with Crippen LogP contribution in [0.2, 0.25) is 0 Å². The van der Waals surface area contributed by atoms with Gasteiger partial charge in [-0.25, -0.2) is 0 Å². The zero-order chi connectivity index (χ0) is 11.6. The topological polar surface area (TPSA) is 21.3 Å². The number of ether oxygens (including phenoxy) is 1. The Kier molecular flexibility index (Phi) is 3.45. The van der Waals surface area contributed by atoms with Crippen LogP contribution in [0.4, 0.5) is 0 Å². The van der Waals surface area contributed by atoms with Crippen LogP contribution in [0.25, 0.3) is 0 Å². The summed E-state index contributed by atoms with van der Waals surface area (Å²) < 4.78 is 5.42. The predicted molar refractivity (Wildman–Crippen MR) is 70.3 cm³/mol. The highest BCUT2D eigenvalue weighted by atomic mass is 32.2. The number of nitrogens with one attached hydrogen (secondary N) is 1. The molecule has 3 heteroatoms. The molecular formula is C13H19NOS. The molecule has 0 bridgehead atoms. The van der Waals surface area contributed by atoms with Crippen LogP contribution >= 0.6 is 11.8 Å². The van der Waals surface area contributed by atoms with Crippen molar-refractivity contribution < 1.29 is 4.74 Å². The molecule has 1 N–H and O–H groups in total. The van der Waals surface area contributed by atoms with E-state index in [0.717, 1.165) is 11.5 Å². The molecule has 1 aromatic rings. The minimum atomic E-state index is 0.203. The Morgan fingerprint density at radius 1 is 1.38 bits per heavy atom. The molecule has 2 nitrogen and oxygen atoms in total. The van der Waals surface area contributed by atoms with Gasteiger partial charge in [-0.05, 0) is 19.9 Å². The van der Waals surface area contributed by atoms with Crippen molar-refractivity contribution in [2.45, 2.75) is 25.4 Å². The van der Waals surface area contributed by atoms with Crippen LogP contribution in [0.1, 0.15) is 25.5 Å². The number of para-hydroxylation sites is 1. The summed E-state index contributed by atoms with van der Waals surface area (Å²) in [6.45, 7) is 4.50. The zero-order valence-electron chi connectivity index (χ0n) is 10.1. The van der Waals surface area contributed by atoms with Gasteiger partial charge >= 0.3 is 0 Å². The fourth-order valence-corrected chi connectivity index (χ4v) is 3.32. The van der Waals surface area contributed by atoms with Crippen LogP contribution in [-0.4, -0.2) is 24.2 Å². The molecule has 1 aliphatic rings. The third kappa shape index (κ3) is 2.53. The van der Waals surface area contributed by atoms with Crippen LogP contribution in [0.15, 0.2) is 24.3 Å². The summed E-state index contributed by atoms with van der Waals surface area (Å²) >= 11 is 2.01. The fourth-order valence-electron chi connectivity index (χ4n) is 2.11. The molecule has 1 aromatic carbocycles. The molecule has 1 saturated heterocycles. The first kappa shape index (κ1) is 11.8. The van der Waals surface area contributed by atoms with Crippen molar-refractivity contribution in [3.05, 3.63) is 29.8 Å². The molecule has 88 valence electrons. The number of hydrogen-bond donors (Lipinski definition) is 1. The second-order valence-electron chi connectivity index (χ2n) is 4.84. The second kappa shape index (κ2) is 4.68. The average molecular weight is 237 g/mol. The molecule has 0 radical (unpaired) electrons. The molecule has 1 heterocycles. The van der Waals surface area contributed by atoms with E-state index >= 15 is 0 Å². The van der Waals surface area contributed by atoms with Crippen molar-refractivity contribution in [3.63, 3.8) is 0 Å². The molecule has 1 unspecified atom stereocenters. The number of thioether (sulfide) groups is 1. The Balaban J connectivity index is 2.23. The number of methoxy groups -OCH3 is 1. The first-order valence-corrected chi connectivity index (χ1v) is 6.76. The molecule has 2 rings (SSSR count). The zero-order valence-corrected chi connectivity index (χ0v) is 10.9. The molecule has 1 atom stereocenters. The van der Waals surface area contributed by atoms with Crippen LogP contribution < -0.4 is 10.1 Å². The third-order valence-electron chi connectivity index (χ3n) is 2.83. The van der Waals surface area contributed by atoms with Crippen molar-refractivity contribution in [1.82, 2.24) is 5.32 Å². The van der Waals surface area contributed by atoms with Gasteiger partial charge in [0.1, 0.15) is 5.75 Å². The van der Waals surface area contributed by atoms with Crippen LogP contribution in [0.3, 0.4) is 0 Å². The summed E-state index contributed by atoms with van der Waals surface area (Å²) in [6.07, 6.45) is 0. The van der Waals surface area contributed by atoms with E-state index in [4.69, 9.17) is 4.74 Å². The maximum Gasteiger partial charge on any atom is 0.123 e. The smallest absolute Gasteiger partial charge is 0.123 e. The monoisotopic (exact) mass is 237 g/mol. The molecule has 1 aliphatic heterocycles. The summed E-state index contributed by atoms with van der Waals surface area (Å²) in [5, 5.41) is 3.68. The molecule has 0 amide bonds. The van der Waals surface area contributed by atoms with E-state index in [9.17, 15) is 0 Å². The van der Waals surface area contributed by atoms with Crippen molar-refractivity contribution in [3.8, 4) is 5.75 Å². The maximum absolute atomic E-state index is 5.42. The van der Waals surface area contributed by atoms with Crippen molar-refractivity contribution in [2.75, 3.05) is 18.6 Å². The fraction of sp³-hybridized carbons (Fsp3) is 0.538. The highest BCUT2D eigenvalue weighted by molar-refractivity contribution is 7.99. The molecule has 0 saturated carbocycles. The van der Waals surface area contributed by atoms with Crippen molar-refractivity contribution in [2.24, 2.45) is 0 Å². The minimum Gasteiger partial charge on any atom is -0.496 e. The number of benzene rings is 1.